The van der Waals surface area contributed by atoms with Crippen molar-refractivity contribution in [3.05, 3.63) is 47.8 Å². The van der Waals surface area contributed by atoms with Crippen LogP contribution >= 0.6 is 0 Å². The Hall–Kier alpha value is -2.44. The van der Waals surface area contributed by atoms with Crippen LogP contribution in [-0.4, -0.2) is 51.7 Å². The fraction of sp³-hybridized carbons (Fsp3) is 0.526. The van der Waals surface area contributed by atoms with E-state index in [1.54, 1.807) is 18.5 Å². The van der Waals surface area contributed by atoms with Gasteiger partial charge >= 0.3 is 0 Å². The van der Waals surface area contributed by atoms with E-state index >= 15 is 0 Å². The van der Waals surface area contributed by atoms with Crippen molar-refractivity contribution in [3.8, 4) is 0 Å². The first kappa shape index (κ1) is 17.0. The number of rotatable bonds is 4. The zero-order chi connectivity index (χ0) is 17.9. The molecule has 1 saturated carbocycles. The van der Waals surface area contributed by atoms with Crippen molar-refractivity contribution in [1.29, 1.82) is 0 Å². The van der Waals surface area contributed by atoms with Crippen LogP contribution in [-0.2, 0) is 0 Å². The molecule has 1 aliphatic carbocycles. The van der Waals surface area contributed by atoms with Crippen molar-refractivity contribution in [2.75, 3.05) is 19.6 Å². The van der Waals surface area contributed by atoms with Crippen molar-refractivity contribution < 1.29 is 4.39 Å². The number of halogens is 1. The van der Waals surface area contributed by atoms with Crippen molar-refractivity contribution in [3.63, 3.8) is 0 Å². The summed E-state index contributed by atoms with van der Waals surface area (Å²) in [6.07, 6.45) is 4.59. The number of nitrogens with one attached hydrogen (secondary N) is 2. The van der Waals surface area contributed by atoms with Gasteiger partial charge in [-0.2, -0.15) is 5.10 Å². The van der Waals surface area contributed by atoms with E-state index in [0.29, 0.717) is 5.92 Å². The third kappa shape index (κ3) is 3.57. The summed E-state index contributed by atoms with van der Waals surface area (Å²) in [5.74, 6) is 2.50. The number of aromatic amines is 1. The molecule has 2 unspecified atom stereocenters. The minimum Gasteiger partial charge on any atom is -0.353 e. The summed E-state index contributed by atoms with van der Waals surface area (Å²) < 4.78 is 14.0. The zero-order valence-corrected chi connectivity index (χ0v) is 15.0. The Morgan fingerprint density at radius 1 is 1.35 bits per heavy atom. The fourth-order valence-electron chi connectivity index (χ4n) is 3.80. The Kier molecular flexibility index (Phi) is 4.86. The molecule has 0 bridgehead atoms. The van der Waals surface area contributed by atoms with Gasteiger partial charge in [0, 0.05) is 37.5 Å². The van der Waals surface area contributed by atoms with Crippen LogP contribution in [0, 0.1) is 5.82 Å². The predicted molar refractivity (Wildman–Crippen MR) is 98.6 cm³/mol. The first-order valence-corrected chi connectivity index (χ1v) is 9.42. The summed E-state index contributed by atoms with van der Waals surface area (Å²) in [5, 5.41) is 10.5. The molecule has 2 aliphatic rings. The summed E-state index contributed by atoms with van der Waals surface area (Å²) >= 11 is 0. The van der Waals surface area contributed by atoms with Crippen molar-refractivity contribution in [1.82, 2.24) is 25.4 Å². The number of H-pyrrole nitrogens is 1. The van der Waals surface area contributed by atoms with Gasteiger partial charge < -0.3 is 10.2 Å². The molecule has 1 saturated heterocycles. The summed E-state index contributed by atoms with van der Waals surface area (Å²) in [6.45, 7) is 4.66. The number of guanidine groups is 1. The van der Waals surface area contributed by atoms with Crippen LogP contribution in [0.3, 0.4) is 0 Å². The fourth-order valence-corrected chi connectivity index (χ4v) is 3.80. The van der Waals surface area contributed by atoms with Crippen LogP contribution in [0.25, 0.3) is 0 Å². The van der Waals surface area contributed by atoms with Crippen LogP contribution < -0.4 is 5.32 Å². The van der Waals surface area contributed by atoms with Crippen molar-refractivity contribution in [2.45, 2.75) is 44.1 Å². The topological polar surface area (TPSA) is 69.2 Å². The quantitative estimate of drug-likeness (QED) is 0.653. The van der Waals surface area contributed by atoms with Gasteiger partial charge in [-0.3, -0.25) is 10.1 Å². The Balaban J connectivity index is 1.36. The average Bonchev–Trinajstić information content (AvgIpc) is 3.20. The lowest BCUT2D eigenvalue weighted by Crippen LogP contribution is -2.46. The Bertz CT molecular complexity index is 751. The molecule has 4 rings (SSSR count). The van der Waals surface area contributed by atoms with E-state index in [2.05, 4.69) is 30.4 Å². The Morgan fingerprint density at radius 3 is 2.85 bits per heavy atom. The zero-order valence-electron chi connectivity index (χ0n) is 15.0. The van der Waals surface area contributed by atoms with E-state index in [1.165, 1.54) is 0 Å². The molecule has 1 aliphatic heterocycles. The SMILES string of the molecule is CCN=C(NC1CC1c1ccccc1F)N1CCC(c2ncn[nH]2)CC1. The standard InChI is InChI=1S/C19H25FN6/c1-2-21-19(24-17-11-15(17)14-5-3-4-6-16(14)20)26-9-7-13(8-10-26)18-22-12-23-25-18/h3-6,12-13,15,17H,2,7-11H2,1H3,(H,21,24)(H,22,23,25). The van der Waals surface area contributed by atoms with E-state index in [0.717, 1.165) is 56.2 Å². The van der Waals surface area contributed by atoms with E-state index in [9.17, 15) is 4.39 Å². The van der Waals surface area contributed by atoms with Crippen molar-refractivity contribution in [2.24, 2.45) is 4.99 Å². The second kappa shape index (κ2) is 7.43. The van der Waals surface area contributed by atoms with Crippen molar-refractivity contribution >= 4 is 5.96 Å². The minimum absolute atomic E-state index is 0.108. The van der Waals surface area contributed by atoms with Gasteiger partial charge in [0.2, 0.25) is 0 Å². The normalized spacial score (nSPS) is 23.9. The molecule has 1 aromatic carbocycles. The van der Waals surface area contributed by atoms with Crippen LogP contribution in [0.15, 0.2) is 35.6 Å². The largest absolute Gasteiger partial charge is 0.353 e. The van der Waals surface area contributed by atoms with Gasteiger partial charge in [0.15, 0.2) is 5.96 Å². The molecule has 0 radical (unpaired) electrons. The van der Waals surface area contributed by atoms with Crippen LogP contribution in [0.1, 0.15) is 49.4 Å². The van der Waals surface area contributed by atoms with E-state index in [4.69, 9.17) is 0 Å². The molecule has 0 spiro atoms. The molecule has 2 aromatic rings. The molecule has 2 fully saturated rings. The first-order valence-electron chi connectivity index (χ1n) is 9.42. The highest BCUT2D eigenvalue weighted by molar-refractivity contribution is 5.81. The molecule has 6 nitrogen and oxygen atoms in total. The summed E-state index contributed by atoms with van der Waals surface area (Å²) in [5.41, 5.74) is 0.810. The van der Waals surface area contributed by atoms with Gasteiger partial charge in [-0.15, -0.1) is 0 Å². The molecule has 2 N–H and O–H groups in total. The molecule has 0 amide bonds. The van der Waals surface area contributed by atoms with Gasteiger partial charge in [0.05, 0.1) is 0 Å². The van der Waals surface area contributed by atoms with Crippen LogP contribution in [0.5, 0.6) is 0 Å². The highest BCUT2D eigenvalue weighted by atomic mass is 19.1. The molecule has 7 heteroatoms. The lowest BCUT2D eigenvalue weighted by Gasteiger charge is -2.33. The molecule has 2 atom stereocenters. The number of aromatic nitrogens is 3. The number of piperidine rings is 1. The second-order valence-electron chi connectivity index (χ2n) is 7.04. The second-order valence-corrected chi connectivity index (χ2v) is 7.04. The Labute approximate surface area is 152 Å². The summed E-state index contributed by atoms with van der Waals surface area (Å²) in [4.78, 5) is 11.3. The monoisotopic (exact) mass is 356 g/mol. The number of nitrogens with zero attached hydrogens (tertiary/aromatic N) is 4. The van der Waals surface area contributed by atoms with Gasteiger partial charge in [-0.25, -0.2) is 9.37 Å². The van der Waals surface area contributed by atoms with Gasteiger partial charge in [-0.1, -0.05) is 18.2 Å². The van der Waals surface area contributed by atoms with E-state index in [1.807, 2.05) is 19.1 Å². The maximum atomic E-state index is 14.0. The van der Waals surface area contributed by atoms with Crippen LogP contribution in [0.2, 0.25) is 0 Å². The lowest BCUT2D eigenvalue weighted by atomic mass is 9.96. The number of hydrogen-bond donors (Lipinski definition) is 2. The van der Waals surface area contributed by atoms with Gasteiger partial charge in [0.1, 0.15) is 18.0 Å². The number of benzene rings is 1. The van der Waals surface area contributed by atoms with Gasteiger partial charge in [-0.05, 0) is 37.8 Å². The van der Waals surface area contributed by atoms with E-state index < -0.39 is 0 Å². The number of aliphatic imine (C=N–C) groups is 1. The molecular formula is C19H25FN6. The first-order chi connectivity index (χ1) is 12.8. The third-order valence-electron chi connectivity index (χ3n) is 5.33. The van der Waals surface area contributed by atoms with E-state index in [-0.39, 0.29) is 17.8 Å². The van der Waals surface area contributed by atoms with Crippen LogP contribution in [0.4, 0.5) is 4.39 Å². The Morgan fingerprint density at radius 2 is 2.15 bits per heavy atom. The maximum absolute atomic E-state index is 14.0. The number of likely N-dealkylation sites (tertiary alicyclic amines) is 1. The predicted octanol–water partition coefficient (Wildman–Crippen LogP) is 2.64. The third-order valence-corrected chi connectivity index (χ3v) is 5.33. The highest BCUT2D eigenvalue weighted by Gasteiger charge is 2.41. The van der Waals surface area contributed by atoms with Gasteiger partial charge in [0.25, 0.3) is 0 Å². The minimum atomic E-state index is -0.108. The average molecular weight is 356 g/mol. The summed E-state index contributed by atoms with van der Waals surface area (Å²) in [7, 11) is 0. The number of hydrogen-bond acceptors (Lipinski definition) is 3. The molecule has 138 valence electrons. The molecule has 2 heterocycles. The highest BCUT2D eigenvalue weighted by Crippen LogP contribution is 2.42. The molecular weight excluding hydrogens is 331 g/mol. The lowest BCUT2D eigenvalue weighted by molar-refractivity contribution is 0.298. The molecule has 1 aromatic heterocycles. The summed E-state index contributed by atoms with van der Waals surface area (Å²) in [6, 6.07) is 7.35. The smallest absolute Gasteiger partial charge is 0.194 e. The molecule has 26 heavy (non-hydrogen) atoms. The maximum Gasteiger partial charge on any atom is 0.194 e.